The molecule has 0 amide bonds. The number of benzene rings is 2. The summed E-state index contributed by atoms with van der Waals surface area (Å²) in [5.74, 6) is 0.780. The Bertz CT molecular complexity index is 546. The number of rotatable bonds is 5. The summed E-state index contributed by atoms with van der Waals surface area (Å²) >= 11 is 15.1. The normalized spacial score (nSPS) is 10.3. The van der Waals surface area contributed by atoms with Crippen LogP contribution in [0.4, 0.5) is 5.69 Å². The van der Waals surface area contributed by atoms with Crippen molar-refractivity contribution >= 4 is 44.8 Å². The summed E-state index contributed by atoms with van der Waals surface area (Å²) in [6, 6.07) is 13.0. The fraction of sp³-hybridized carbons (Fsp3) is 0.143. The van der Waals surface area contributed by atoms with Crippen molar-refractivity contribution in [1.29, 1.82) is 0 Å². The predicted octanol–water partition coefficient (Wildman–Crippen LogP) is 5.25. The number of hydrogen-bond donors (Lipinski definition) is 1. The Labute approximate surface area is 130 Å². The van der Waals surface area contributed by atoms with E-state index in [-0.39, 0.29) is 0 Å². The van der Waals surface area contributed by atoms with Gasteiger partial charge in [0.25, 0.3) is 0 Å². The van der Waals surface area contributed by atoms with Crippen LogP contribution in [0.1, 0.15) is 0 Å². The molecule has 0 saturated carbocycles. The van der Waals surface area contributed by atoms with Gasteiger partial charge in [-0.1, -0.05) is 23.2 Å². The lowest BCUT2D eigenvalue weighted by atomic mass is 10.3. The SMILES string of the molecule is Clc1ccc(NCCOc2ccc(Cl)cc2Br)cc1. The maximum Gasteiger partial charge on any atom is 0.133 e. The highest BCUT2D eigenvalue weighted by atomic mass is 79.9. The van der Waals surface area contributed by atoms with Crippen LogP contribution in [-0.2, 0) is 0 Å². The van der Waals surface area contributed by atoms with Crippen LogP contribution in [0.3, 0.4) is 0 Å². The monoisotopic (exact) mass is 359 g/mol. The summed E-state index contributed by atoms with van der Waals surface area (Å²) in [5.41, 5.74) is 1.02. The van der Waals surface area contributed by atoms with E-state index in [2.05, 4.69) is 21.2 Å². The van der Waals surface area contributed by atoms with E-state index in [9.17, 15) is 0 Å². The van der Waals surface area contributed by atoms with Crippen molar-refractivity contribution in [2.24, 2.45) is 0 Å². The number of halogens is 3. The van der Waals surface area contributed by atoms with E-state index < -0.39 is 0 Å². The fourth-order valence-corrected chi connectivity index (χ4v) is 2.44. The first-order valence-corrected chi connectivity index (χ1v) is 7.27. The van der Waals surface area contributed by atoms with Gasteiger partial charge in [-0.05, 0) is 58.4 Å². The molecule has 1 N–H and O–H groups in total. The minimum Gasteiger partial charge on any atom is -0.491 e. The minimum absolute atomic E-state index is 0.558. The Morgan fingerprint density at radius 2 is 1.68 bits per heavy atom. The molecule has 2 nitrogen and oxygen atoms in total. The highest BCUT2D eigenvalue weighted by Gasteiger charge is 2.01. The van der Waals surface area contributed by atoms with E-state index >= 15 is 0 Å². The van der Waals surface area contributed by atoms with Crippen LogP contribution in [-0.4, -0.2) is 13.2 Å². The van der Waals surface area contributed by atoms with Gasteiger partial charge in [0, 0.05) is 22.3 Å². The molecule has 0 aliphatic heterocycles. The smallest absolute Gasteiger partial charge is 0.133 e. The molecule has 0 spiro atoms. The lowest BCUT2D eigenvalue weighted by Crippen LogP contribution is -2.11. The maximum absolute atomic E-state index is 5.86. The summed E-state index contributed by atoms with van der Waals surface area (Å²) in [4.78, 5) is 0. The number of nitrogens with one attached hydrogen (secondary N) is 1. The zero-order valence-electron chi connectivity index (χ0n) is 10.00. The van der Waals surface area contributed by atoms with Crippen molar-refractivity contribution in [2.75, 3.05) is 18.5 Å². The summed E-state index contributed by atoms with van der Waals surface area (Å²) in [6.07, 6.45) is 0. The van der Waals surface area contributed by atoms with Crippen LogP contribution in [0, 0.1) is 0 Å². The van der Waals surface area contributed by atoms with Crippen LogP contribution < -0.4 is 10.1 Å². The average Bonchev–Trinajstić information content (AvgIpc) is 2.39. The Kier molecular flexibility index (Phi) is 5.37. The summed E-state index contributed by atoms with van der Waals surface area (Å²) in [5, 5.41) is 4.66. The molecule has 0 atom stereocenters. The molecule has 0 heterocycles. The molecule has 2 aromatic carbocycles. The quantitative estimate of drug-likeness (QED) is 0.735. The van der Waals surface area contributed by atoms with E-state index in [1.807, 2.05) is 36.4 Å². The predicted molar refractivity (Wildman–Crippen MR) is 84.6 cm³/mol. The molecule has 19 heavy (non-hydrogen) atoms. The molecule has 0 fully saturated rings. The van der Waals surface area contributed by atoms with Gasteiger partial charge < -0.3 is 10.1 Å². The van der Waals surface area contributed by atoms with Gasteiger partial charge in [0.1, 0.15) is 12.4 Å². The molecule has 0 aliphatic rings. The Morgan fingerprint density at radius 3 is 2.37 bits per heavy atom. The van der Waals surface area contributed by atoms with E-state index in [0.29, 0.717) is 18.2 Å². The van der Waals surface area contributed by atoms with Crippen LogP contribution in [0.15, 0.2) is 46.9 Å². The van der Waals surface area contributed by atoms with Crippen molar-refractivity contribution in [3.8, 4) is 5.75 Å². The molecule has 0 aromatic heterocycles. The molecule has 2 rings (SSSR count). The first kappa shape index (κ1) is 14.5. The fourth-order valence-electron chi connectivity index (χ4n) is 1.52. The molecular weight excluding hydrogens is 349 g/mol. The average molecular weight is 361 g/mol. The Hall–Kier alpha value is -0.900. The van der Waals surface area contributed by atoms with Gasteiger partial charge in [0.05, 0.1) is 4.47 Å². The van der Waals surface area contributed by atoms with E-state index in [1.54, 1.807) is 6.07 Å². The van der Waals surface area contributed by atoms with Crippen molar-refractivity contribution in [3.05, 3.63) is 57.0 Å². The zero-order chi connectivity index (χ0) is 13.7. The summed E-state index contributed by atoms with van der Waals surface area (Å²) in [6.45, 7) is 1.26. The van der Waals surface area contributed by atoms with Crippen LogP contribution in [0.2, 0.25) is 10.0 Å². The summed E-state index contributed by atoms with van der Waals surface area (Å²) < 4.78 is 6.50. The van der Waals surface area contributed by atoms with Gasteiger partial charge in [0.15, 0.2) is 0 Å². The third-order valence-corrected chi connectivity index (χ3v) is 3.53. The van der Waals surface area contributed by atoms with Gasteiger partial charge in [-0.2, -0.15) is 0 Å². The first-order chi connectivity index (χ1) is 9.15. The molecule has 2 aromatic rings. The van der Waals surface area contributed by atoms with Crippen molar-refractivity contribution < 1.29 is 4.74 Å². The molecule has 0 unspecified atom stereocenters. The van der Waals surface area contributed by atoms with E-state index in [4.69, 9.17) is 27.9 Å². The molecule has 100 valence electrons. The Balaban J connectivity index is 1.79. The van der Waals surface area contributed by atoms with Gasteiger partial charge in [-0.25, -0.2) is 0 Å². The molecule has 0 radical (unpaired) electrons. The summed E-state index contributed by atoms with van der Waals surface area (Å²) in [7, 11) is 0. The topological polar surface area (TPSA) is 21.3 Å². The number of anilines is 1. The second-order valence-electron chi connectivity index (χ2n) is 3.86. The lowest BCUT2D eigenvalue weighted by molar-refractivity contribution is 0.331. The third kappa shape index (κ3) is 4.60. The number of hydrogen-bond acceptors (Lipinski definition) is 2. The van der Waals surface area contributed by atoms with E-state index in [0.717, 1.165) is 20.9 Å². The zero-order valence-corrected chi connectivity index (χ0v) is 13.1. The second-order valence-corrected chi connectivity index (χ2v) is 5.58. The van der Waals surface area contributed by atoms with Crippen LogP contribution in [0.25, 0.3) is 0 Å². The molecule has 0 aliphatic carbocycles. The van der Waals surface area contributed by atoms with Crippen LogP contribution in [0.5, 0.6) is 5.75 Å². The standard InChI is InChI=1S/C14H12BrCl2NO/c15-13-9-11(17)3-6-14(13)19-8-7-18-12-4-1-10(16)2-5-12/h1-6,9,18H,7-8H2. The van der Waals surface area contributed by atoms with Gasteiger partial charge in [-0.15, -0.1) is 0 Å². The number of ether oxygens (including phenoxy) is 1. The largest absolute Gasteiger partial charge is 0.491 e. The molecule has 0 saturated heterocycles. The first-order valence-electron chi connectivity index (χ1n) is 5.72. The molecule has 5 heteroatoms. The minimum atomic E-state index is 0.558. The maximum atomic E-state index is 5.86. The second kappa shape index (κ2) is 7.04. The van der Waals surface area contributed by atoms with Gasteiger partial charge >= 0.3 is 0 Å². The van der Waals surface area contributed by atoms with Crippen molar-refractivity contribution in [1.82, 2.24) is 0 Å². The van der Waals surface area contributed by atoms with Crippen LogP contribution >= 0.6 is 39.1 Å². The Morgan fingerprint density at radius 1 is 1.00 bits per heavy atom. The van der Waals surface area contributed by atoms with Crippen molar-refractivity contribution in [2.45, 2.75) is 0 Å². The van der Waals surface area contributed by atoms with Gasteiger partial charge in [-0.3, -0.25) is 0 Å². The lowest BCUT2D eigenvalue weighted by Gasteiger charge is -2.10. The molecular formula is C14H12BrCl2NO. The van der Waals surface area contributed by atoms with E-state index in [1.165, 1.54) is 0 Å². The van der Waals surface area contributed by atoms with Crippen molar-refractivity contribution in [3.63, 3.8) is 0 Å². The molecule has 0 bridgehead atoms. The van der Waals surface area contributed by atoms with Gasteiger partial charge in [0.2, 0.25) is 0 Å². The highest BCUT2D eigenvalue weighted by Crippen LogP contribution is 2.27. The highest BCUT2D eigenvalue weighted by molar-refractivity contribution is 9.10. The third-order valence-electron chi connectivity index (χ3n) is 2.43.